The van der Waals surface area contributed by atoms with Gasteiger partial charge in [-0.05, 0) is 25.5 Å². The molecular formula is C12H15N3OS. The maximum atomic E-state index is 6.05. The Morgan fingerprint density at radius 2 is 2.41 bits per heavy atom. The highest BCUT2D eigenvalue weighted by atomic mass is 32.1. The predicted molar refractivity (Wildman–Crippen MR) is 71.6 cm³/mol. The molecule has 0 spiro atoms. The number of aryl methyl sites for hydroxylation is 1. The van der Waals surface area contributed by atoms with E-state index in [2.05, 4.69) is 10.3 Å². The fourth-order valence-corrected chi connectivity index (χ4v) is 2.96. The van der Waals surface area contributed by atoms with Gasteiger partial charge in [0.2, 0.25) is 0 Å². The molecular weight excluding hydrogens is 234 g/mol. The number of benzene rings is 1. The monoisotopic (exact) mass is 249 g/mol. The number of aromatic nitrogens is 1. The zero-order valence-electron chi connectivity index (χ0n) is 9.69. The van der Waals surface area contributed by atoms with Gasteiger partial charge in [0, 0.05) is 6.61 Å². The average Bonchev–Trinajstić information content (AvgIpc) is 2.87. The van der Waals surface area contributed by atoms with Crippen LogP contribution in [0.4, 0.5) is 11.4 Å². The number of hydrogen-bond acceptors (Lipinski definition) is 5. The van der Waals surface area contributed by atoms with Gasteiger partial charge >= 0.3 is 0 Å². The molecule has 0 radical (unpaired) electrons. The summed E-state index contributed by atoms with van der Waals surface area (Å²) >= 11 is 1.67. The van der Waals surface area contributed by atoms with Crippen molar-refractivity contribution in [2.45, 2.75) is 19.4 Å². The van der Waals surface area contributed by atoms with Crippen molar-refractivity contribution in [3.8, 4) is 0 Å². The van der Waals surface area contributed by atoms with Crippen molar-refractivity contribution in [2.24, 2.45) is 0 Å². The second kappa shape index (κ2) is 4.16. The van der Waals surface area contributed by atoms with Crippen LogP contribution >= 0.6 is 11.3 Å². The number of rotatable bonds is 2. The highest BCUT2D eigenvalue weighted by molar-refractivity contribution is 7.18. The van der Waals surface area contributed by atoms with Crippen molar-refractivity contribution in [1.82, 2.24) is 4.98 Å². The van der Waals surface area contributed by atoms with Crippen LogP contribution in [0.1, 0.15) is 11.4 Å². The minimum atomic E-state index is 0.370. The number of nitrogen functional groups attached to an aromatic ring is 1. The van der Waals surface area contributed by atoms with Gasteiger partial charge in [-0.2, -0.15) is 0 Å². The summed E-state index contributed by atoms with van der Waals surface area (Å²) in [7, 11) is 0. The summed E-state index contributed by atoms with van der Waals surface area (Å²) in [6.45, 7) is 3.60. The van der Waals surface area contributed by atoms with Crippen molar-refractivity contribution in [2.75, 3.05) is 24.3 Å². The largest absolute Gasteiger partial charge is 0.397 e. The molecule has 1 unspecified atom stereocenters. The molecule has 90 valence electrons. The van der Waals surface area contributed by atoms with Crippen LogP contribution in [-0.2, 0) is 4.74 Å². The molecule has 4 nitrogen and oxygen atoms in total. The van der Waals surface area contributed by atoms with Crippen LogP contribution in [0.2, 0.25) is 0 Å². The van der Waals surface area contributed by atoms with Crippen LogP contribution in [0.25, 0.3) is 10.2 Å². The molecule has 3 rings (SSSR count). The lowest BCUT2D eigenvalue weighted by molar-refractivity contribution is 0.195. The third-order valence-electron chi connectivity index (χ3n) is 2.96. The third-order valence-corrected chi connectivity index (χ3v) is 3.89. The zero-order valence-corrected chi connectivity index (χ0v) is 10.5. The fraction of sp³-hybridized carbons (Fsp3) is 0.417. The van der Waals surface area contributed by atoms with Crippen molar-refractivity contribution < 1.29 is 4.74 Å². The first kappa shape index (κ1) is 10.8. The Kier molecular flexibility index (Phi) is 2.64. The quantitative estimate of drug-likeness (QED) is 0.802. The Labute approximate surface area is 104 Å². The fourth-order valence-electron chi connectivity index (χ4n) is 2.10. The first-order valence-corrected chi connectivity index (χ1v) is 6.55. The second-order valence-corrected chi connectivity index (χ2v) is 5.58. The van der Waals surface area contributed by atoms with Crippen LogP contribution in [0.5, 0.6) is 0 Å². The van der Waals surface area contributed by atoms with Crippen LogP contribution < -0.4 is 11.1 Å². The first-order valence-electron chi connectivity index (χ1n) is 5.73. The van der Waals surface area contributed by atoms with E-state index in [1.54, 1.807) is 11.3 Å². The van der Waals surface area contributed by atoms with Gasteiger partial charge in [-0.1, -0.05) is 0 Å². The molecule has 5 heteroatoms. The highest BCUT2D eigenvalue weighted by Gasteiger charge is 2.16. The predicted octanol–water partition coefficient (Wildman–Crippen LogP) is 2.39. The van der Waals surface area contributed by atoms with Gasteiger partial charge in [-0.15, -0.1) is 11.3 Å². The number of ether oxygens (including phenoxy) is 1. The summed E-state index contributed by atoms with van der Waals surface area (Å²) in [5.41, 5.74) is 8.82. The van der Waals surface area contributed by atoms with Gasteiger partial charge in [-0.25, -0.2) is 4.98 Å². The van der Waals surface area contributed by atoms with Gasteiger partial charge in [0.25, 0.3) is 0 Å². The Morgan fingerprint density at radius 1 is 1.53 bits per heavy atom. The van der Waals surface area contributed by atoms with Crippen molar-refractivity contribution in [3.63, 3.8) is 0 Å². The number of nitrogens with zero attached hydrogens (tertiary/aromatic N) is 1. The van der Waals surface area contributed by atoms with E-state index in [-0.39, 0.29) is 0 Å². The third kappa shape index (κ3) is 2.08. The number of nitrogens with two attached hydrogens (primary N) is 1. The molecule has 1 aliphatic heterocycles. The molecule has 3 N–H and O–H groups in total. The van der Waals surface area contributed by atoms with E-state index in [9.17, 15) is 0 Å². The molecule has 2 heterocycles. The van der Waals surface area contributed by atoms with E-state index in [4.69, 9.17) is 10.5 Å². The zero-order chi connectivity index (χ0) is 11.8. The first-order chi connectivity index (χ1) is 8.22. The average molecular weight is 249 g/mol. The Bertz CT molecular complexity index is 546. The topological polar surface area (TPSA) is 60.2 Å². The van der Waals surface area contributed by atoms with Gasteiger partial charge in [0.1, 0.15) is 0 Å². The van der Waals surface area contributed by atoms with Crippen molar-refractivity contribution in [1.29, 1.82) is 0 Å². The van der Waals surface area contributed by atoms with Crippen LogP contribution in [-0.4, -0.2) is 24.2 Å². The lowest BCUT2D eigenvalue weighted by Crippen LogP contribution is -2.19. The molecule has 17 heavy (non-hydrogen) atoms. The summed E-state index contributed by atoms with van der Waals surface area (Å²) in [5, 5.41) is 4.50. The molecule has 1 saturated heterocycles. The molecule has 0 bridgehead atoms. The summed E-state index contributed by atoms with van der Waals surface area (Å²) in [5.74, 6) is 0. The van der Waals surface area contributed by atoms with Gasteiger partial charge < -0.3 is 15.8 Å². The number of fused-ring (bicyclic) bond motifs is 1. The Morgan fingerprint density at radius 3 is 3.18 bits per heavy atom. The number of thiazole rings is 1. The van der Waals surface area contributed by atoms with Crippen molar-refractivity contribution >= 4 is 32.9 Å². The van der Waals surface area contributed by atoms with E-state index in [1.807, 2.05) is 19.1 Å². The summed E-state index contributed by atoms with van der Waals surface area (Å²) in [4.78, 5) is 4.48. The SMILES string of the molecule is Cc1nc2cc(NC3CCOC3)c(N)cc2s1. The summed E-state index contributed by atoms with van der Waals surface area (Å²) in [6.07, 6.45) is 1.04. The lowest BCUT2D eigenvalue weighted by Gasteiger charge is -2.14. The maximum Gasteiger partial charge on any atom is 0.0907 e. The second-order valence-electron chi connectivity index (χ2n) is 4.34. The number of nitrogens with one attached hydrogen (secondary N) is 1. The normalized spacial score (nSPS) is 19.9. The van der Waals surface area contributed by atoms with Gasteiger partial charge in [0.05, 0.1) is 39.2 Å². The molecule has 1 atom stereocenters. The number of hydrogen-bond donors (Lipinski definition) is 2. The van der Waals surface area contributed by atoms with E-state index in [1.165, 1.54) is 0 Å². The standard InChI is InChI=1S/C12H15N3OS/c1-7-14-11-5-10(9(13)4-12(11)17-7)15-8-2-3-16-6-8/h4-5,8,15H,2-3,6,13H2,1H3. The molecule has 0 amide bonds. The van der Waals surface area contributed by atoms with Crippen LogP contribution in [0, 0.1) is 6.92 Å². The Hall–Kier alpha value is -1.33. The molecule has 2 aromatic rings. The Balaban J connectivity index is 1.94. The molecule has 1 fully saturated rings. The van der Waals surface area contributed by atoms with E-state index in [0.29, 0.717) is 6.04 Å². The van der Waals surface area contributed by atoms with Gasteiger partial charge in [0.15, 0.2) is 0 Å². The summed E-state index contributed by atoms with van der Waals surface area (Å²) in [6, 6.07) is 4.40. The lowest BCUT2D eigenvalue weighted by atomic mass is 10.2. The maximum absolute atomic E-state index is 6.05. The van der Waals surface area contributed by atoms with Crippen LogP contribution in [0.15, 0.2) is 12.1 Å². The minimum Gasteiger partial charge on any atom is -0.397 e. The molecule has 1 aromatic heterocycles. The molecule has 1 aliphatic rings. The van der Waals surface area contributed by atoms with Gasteiger partial charge in [-0.3, -0.25) is 0 Å². The van der Waals surface area contributed by atoms with E-state index in [0.717, 1.165) is 46.2 Å². The number of anilines is 2. The van der Waals surface area contributed by atoms with Crippen molar-refractivity contribution in [3.05, 3.63) is 17.1 Å². The molecule has 0 saturated carbocycles. The summed E-state index contributed by atoms with van der Waals surface area (Å²) < 4.78 is 6.49. The van der Waals surface area contributed by atoms with E-state index < -0.39 is 0 Å². The van der Waals surface area contributed by atoms with E-state index >= 15 is 0 Å². The van der Waals surface area contributed by atoms with Crippen LogP contribution in [0.3, 0.4) is 0 Å². The molecule has 0 aliphatic carbocycles. The highest BCUT2D eigenvalue weighted by Crippen LogP contribution is 2.30. The minimum absolute atomic E-state index is 0.370. The molecule has 1 aromatic carbocycles. The smallest absolute Gasteiger partial charge is 0.0907 e.